The number of aromatic amines is 1. The van der Waals surface area contributed by atoms with Crippen molar-refractivity contribution in [3.63, 3.8) is 0 Å². The fourth-order valence-electron chi connectivity index (χ4n) is 4.38. The molecular formula is C26H23N3O2. The number of para-hydroxylation sites is 1. The van der Waals surface area contributed by atoms with Gasteiger partial charge in [-0.15, -0.1) is 0 Å². The minimum absolute atomic E-state index is 0.449. The molecule has 1 amide bonds. The van der Waals surface area contributed by atoms with Crippen molar-refractivity contribution in [1.29, 1.82) is 0 Å². The fourth-order valence-corrected chi connectivity index (χ4v) is 4.38. The lowest BCUT2D eigenvalue weighted by molar-refractivity contribution is -0.131. The molecule has 4 aromatic carbocycles. The second-order valence-corrected chi connectivity index (χ2v) is 7.77. The van der Waals surface area contributed by atoms with Gasteiger partial charge in [-0.1, -0.05) is 66.7 Å². The molecule has 0 saturated heterocycles. The van der Waals surface area contributed by atoms with Crippen LogP contribution in [0.25, 0.3) is 32.4 Å². The number of rotatable bonds is 6. The molecule has 31 heavy (non-hydrogen) atoms. The number of amides is 1. The number of aromatic nitrogens is 1. The first-order valence-electron chi connectivity index (χ1n) is 10.4. The molecular weight excluding hydrogens is 386 g/mol. The molecule has 0 radical (unpaired) electrons. The minimum Gasteiger partial charge on any atom is -0.361 e. The highest BCUT2D eigenvalue weighted by atomic mass is 16.5. The van der Waals surface area contributed by atoms with Gasteiger partial charge in [-0.25, -0.2) is 5.48 Å². The fraction of sp³-hybridized carbons (Fsp3) is 0.115. The summed E-state index contributed by atoms with van der Waals surface area (Å²) in [6.07, 6.45) is 2.39. The van der Waals surface area contributed by atoms with E-state index >= 15 is 0 Å². The van der Waals surface area contributed by atoms with Crippen LogP contribution >= 0.6 is 0 Å². The van der Waals surface area contributed by atoms with Crippen LogP contribution in [0, 0.1) is 0 Å². The highest BCUT2D eigenvalue weighted by Gasteiger charge is 2.20. The van der Waals surface area contributed by atoms with E-state index in [1.807, 2.05) is 60.2 Å². The van der Waals surface area contributed by atoms with Gasteiger partial charge in [-0.05, 0) is 51.2 Å². The summed E-state index contributed by atoms with van der Waals surface area (Å²) in [5.74, 6) is -0.449. The zero-order chi connectivity index (χ0) is 21.2. The van der Waals surface area contributed by atoms with Crippen molar-refractivity contribution in [1.82, 2.24) is 15.8 Å². The van der Waals surface area contributed by atoms with Crippen LogP contribution in [0.2, 0.25) is 0 Å². The Balaban J connectivity index is 1.49. The second kappa shape index (κ2) is 8.22. The zero-order valence-corrected chi connectivity index (χ0v) is 16.9. The number of hydroxylamine groups is 1. The van der Waals surface area contributed by atoms with Gasteiger partial charge < -0.3 is 10.3 Å². The summed E-state index contributed by atoms with van der Waals surface area (Å²) in [5, 5.41) is 18.4. The number of hydrogen-bond donors (Lipinski definition) is 4. The van der Waals surface area contributed by atoms with E-state index in [1.165, 1.54) is 0 Å². The van der Waals surface area contributed by atoms with Gasteiger partial charge in [0, 0.05) is 23.6 Å². The van der Waals surface area contributed by atoms with Crippen molar-refractivity contribution >= 4 is 38.4 Å². The van der Waals surface area contributed by atoms with Crippen molar-refractivity contribution in [3.05, 3.63) is 96.2 Å². The van der Waals surface area contributed by atoms with E-state index in [0.29, 0.717) is 13.0 Å². The average Bonchev–Trinajstić information content (AvgIpc) is 3.23. The number of fused-ring (bicyclic) bond motifs is 3. The van der Waals surface area contributed by atoms with Crippen LogP contribution in [0.1, 0.15) is 11.1 Å². The summed E-state index contributed by atoms with van der Waals surface area (Å²) in [6, 6.07) is 26.2. The Morgan fingerprint density at radius 3 is 2.16 bits per heavy atom. The zero-order valence-electron chi connectivity index (χ0n) is 16.9. The van der Waals surface area contributed by atoms with Gasteiger partial charge in [-0.3, -0.25) is 10.0 Å². The smallest absolute Gasteiger partial charge is 0.260 e. The summed E-state index contributed by atoms with van der Waals surface area (Å²) in [4.78, 5) is 15.7. The van der Waals surface area contributed by atoms with E-state index in [-0.39, 0.29) is 0 Å². The standard InChI is InChI=1S/C26H23N3O2/c30-26(29-31)25(14-19-15-27-24-12-6-5-11-22(19)24)28-16-23-20-9-3-1-7-17(20)13-18-8-2-4-10-21(18)23/h1-13,15,25,27-28,31H,14,16H2,(H,29,30). The summed E-state index contributed by atoms with van der Waals surface area (Å²) in [5.41, 5.74) is 5.02. The summed E-state index contributed by atoms with van der Waals surface area (Å²) in [6.45, 7) is 0.502. The van der Waals surface area contributed by atoms with Crippen LogP contribution in [0.5, 0.6) is 0 Å². The van der Waals surface area contributed by atoms with Crippen LogP contribution in [0.3, 0.4) is 0 Å². The quantitative estimate of drug-likeness (QED) is 0.187. The molecule has 1 unspecified atom stereocenters. The van der Waals surface area contributed by atoms with Crippen molar-refractivity contribution in [2.45, 2.75) is 19.0 Å². The first-order chi connectivity index (χ1) is 15.2. The molecule has 0 aliphatic rings. The number of benzene rings is 4. The molecule has 5 aromatic rings. The highest BCUT2D eigenvalue weighted by molar-refractivity contribution is 6.02. The molecule has 5 rings (SSSR count). The third-order valence-electron chi connectivity index (χ3n) is 5.93. The Morgan fingerprint density at radius 1 is 0.871 bits per heavy atom. The van der Waals surface area contributed by atoms with E-state index in [1.54, 1.807) is 0 Å². The average molecular weight is 409 g/mol. The van der Waals surface area contributed by atoms with Crippen LogP contribution in [-0.4, -0.2) is 22.1 Å². The number of hydrogen-bond acceptors (Lipinski definition) is 3. The Morgan fingerprint density at radius 2 is 1.48 bits per heavy atom. The van der Waals surface area contributed by atoms with Crippen molar-refractivity contribution < 1.29 is 10.0 Å². The maximum Gasteiger partial charge on any atom is 0.260 e. The van der Waals surface area contributed by atoms with Crippen LogP contribution in [-0.2, 0) is 17.8 Å². The van der Waals surface area contributed by atoms with Gasteiger partial charge >= 0.3 is 0 Å². The lowest BCUT2D eigenvalue weighted by atomic mass is 9.96. The van der Waals surface area contributed by atoms with Crippen molar-refractivity contribution in [3.8, 4) is 0 Å². The summed E-state index contributed by atoms with van der Waals surface area (Å²) >= 11 is 0. The lowest BCUT2D eigenvalue weighted by Gasteiger charge is -2.19. The lowest BCUT2D eigenvalue weighted by Crippen LogP contribution is -2.44. The van der Waals surface area contributed by atoms with Crippen LogP contribution in [0.4, 0.5) is 0 Å². The third-order valence-corrected chi connectivity index (χ3v) is 5.93. The first-order valence-corrected chi connectivity index (χ1v) is 10.4. The largest absolute Gasteiger partial charge is 0.361 e. The molecule has 4 N–H and O–H groups in total. The molecule has 0 aliphatic heterocycles. The van der Waals surface area contributed by atoms with Gasteiger partial charge in [0.15, 0.2) is 0 Å². The molecule has 0 spiro atoms. The van der Waals surface area contributed by atoms with Gasteiger partial charge in [0.25, 0.3) is 5.91 Å². The molecule has 1 aromatic heterocycles. The Kier molecular flexibility index (Phi) is 5.12. The van der Waals surface area contributed by atoms with Gasteiger partial charge in [0.05, 0.1) is 6.04 Å². The Hall–Kier alpha value is -3.67. The second-order valence-electron chi connectivity index (χ2n) is 7.77. The van der Waals surface area contributed by atoms with Gasteiger partial charge in [-0.2, -0.15) is 0 Å². The molecule has 5 nitrogen and oxygen atoms in total. The highest BCUT2D eigenvalue weighted by Crippen LogP contribution is 2.28. The van der Waals surface area contributed by atoms with Gasteiger partial charge in [0.2, 0.25) is 0 Å². The summed E-state index contributed by atoms with van der Waals surface area (Å²) in [7, 11) is 0. The van der Waals surface area contributed by atoms with Crippen molar-refractivity contribution in [2.24, 2.45) is 0 Å². The van der Waals surface area contributed by atoms with Crippen LogP contribution in [0.15, 0.2) is 85.1 Å². The predicted octanol–water partition coefficient (Wildman–Crippen LogP) is 4.68. The normalized spacial score (nSPS) is 12.4. The van der Waals surface area contributed by atoms with Crippen molar-refractivity contribution in [2.75, 3.05) is 0 Å². The summed E-state index contributed by atoms with van der Waals surface area (Å²) < 4.78 is 0. The molecule has 154 valence electrons. The van der Waals surface area contributed by atoms with Gasteiger partial charge in [0.1, 0.15) is 0 Å². The predicted molar refractivity (Wildman–Crippen MR) is 124 cm³/mol. The number of carbonyl (C=O) groups is 1. The molecule has 0 bridgehead atoms. The minimum atomic E-state index is -0.582. The number of carbonyl (C=O) groups excluding carboxylic acids is 1. The maximum absolute atomic E-state index is 12.5. The molecule has 5 heteroatoms. The Bertz CT molecular complexity index is 1340. The van der Waals surface area contributed by atoms with E-state index in [4.69, 9.17) is 0 Å². The monoisotopic (exact) mass is 409 g/mol. The molecule has 0 fully saturated rings. The SMILES string of the molecule is O=C(NO)C(Cc1c[nH]c2ccccc12)NCc1c2ccccc2cc2ccccc12. The topological polar surface area (TPSA) is 77.2 Å². The third kappa shape index (κ3) is 3.65. The number of nitrogens with one attached hydrogen (secondary N) is 3. The molecule has 1 heterocycles. The molecule has 1 atom stereocenters. The Labute approximate surface area is 179 Å². The van der Waals surface area contributed by atoms with E-state index in [9.17, 15) is 10.0 Å². The maximum atomic E-state index is 12.5. The number of H-pyrrole nitrogens is 1. The molecule has 0 saturated carbocycles. The molecule has 0 aliphatic carbocycles. The first kappa shape index (κ1) is 19.3. The van der Waals surface area contributed by atoms with E-state index < -0.39 is 11.9 Å². The van der Waals surface area contributed by atoms with E-state index in [0.717, 1.165) is 43.6 Å². The van der Waals surface area contributed by atoms with Crippen LogP contribution < -0.4 is 10.8 Å². The van der Waals surface area contributed by atoms with E-state index in [2.05, 4.69) is 40.6 Å².